The van der Waals surface area contributed by atoms with Gasteiger partial charge in [0.05, 0.1) is 11.1 Å². The minimum absolute atomic E-state index is 0.110. The number of benzene rings is 2. The van der Waals surface area contributed by atoms with E-state index in [1.54, 1.807) is 48.5 Å². The van der Waals surface area contributed by atoms with E-state index >= 15 is 0 Å². The van der Waals surface area contributed by atoms with Gasteiger partial charge in [-0.2, -0.15) is 0 Å². The fourth-order valence-electron chi connectivity index (χ4n) is 2.83. The second-order valence-electron chi connectivity index (χ2n) is 6.17. The number of carbonyl (C=O) groups excluding carboxylic acids is 4. The van der Waals surface area contributed by atoms with Gasteiger partial charge >= 0.3 is 0 Å². The Balaban J connectivity index is 1.52. The van der Waals surface area contributed by atoms with Gasteiger partial charge in [0.25, 0.3) is 17.7 Å². The molecule has 7 nitrogen and oxygen atoms in total. The van der Waals surface area contributed by atoms with Crippen LogP contribution in [-0.4, -0.2) is 41.6 Å². The molecule has 1 aliphatic rings. The van der Waals surface area contributed by atoms with Crippen LogP contribution in [0.3, 0.4) is 0 Å². The Morgan fingerprint density at radius 1 is 0.889 bits per heavy atom. The van der Waals surface area contributed by atoms with Gasteiger partial charge in [0, 0.05) is 32.1 Å². The van der Waals surface area contributed by atoms with Crippen LogP contribution in [0.5, 0.6) is 0 Å². The molecule has 7 heteroatoms. The van der Waals surface area contributed by atoms with Crippen LogP contribution in [0.15, 0.2) is 48.5 Å². The molecule has 2 aromatic carbocycles. The van der Waals surface area contributed by atoms with Gasteiger partial charge in [-0.05, 0) is 29.8 Å². The van der Waals surface area contributed by atoms with Crippen LogP contribution >= 0.6 is 0 Å². The van der Waals surface area contributed by atoms with Gasteiger partial charge in [-0.3, -0.25) is 24.1 Å². The standard InChI is InChI=1S/C20H19N3O4/c1-13(24)22-12-14-6-8-15(9-7-14)18(25)21-10-11-23-19(26)16-4-2-3-5-17(16)20(23)27/h2-9H,10-12H2,1H3,(H,21,25)(H,22,24). The third kappa shape index (κ3) is 4.03. The van der Waals surface area contributed by atoms with Crippen molar-refractivity contribution in [2.45, 2.75) is 13.5 Å². The van der Waals surface area contributed by atoms with Crippen molar-refractivity contribution in [3.8, 4) is 0 Å². The van der Waals surface area contributed by atoms with Crippen LogP contribution < -0.4 is 10.6 Å². The highest BCUT2D eigenvalue weighted by atomic mass is 16.2. The quantitative estimate of drug-likeness (QED) is 0.756. The lowest BCUT2D eigenvalue weighted by Gasteiger charge is -2.14. The van der Waals surface area contributed by atoms with Crippen molar-refractivity contribution in [2.24, 2.45) is 0 Å². The predicted molar refractivity (Wildman–Crippen MR) is 98.1 cm³/mol. The van der Waals surface area contributed by atoms with Gasteiger partial charge in [-0.15, -0.1) is 0 Å². The molecule has 0 bridgehead atoms. The number of nitrogens with zero attached hydrogens (tertiary/aromatic N) is 1. The summed E-state index contributed by atoms with van der Waals surface area (Å²) in [6.07, 6.45) is 0. The molecule has 0 fully saturated rings. The van der Waals surface area contributed by atoms with E-state index in [4.69, 9.17) is 0 Å². The fourth-order valence-corrected chi connectivity index (χ4v) is 2.83. The molecule has 0 saturated carbocycles. The molecule has 0 aromatic heterocycles. The number of fused-ring (bicyclic) bond motifs is 1. The Labute approximate surface area is 156 Å². The highest BCUT2D eigenvalue weighted by Gasteiger charge is 2.34. The number of nitrogens with one attached hydrogen (secondary N) is 2. The predicted octanol–water partition coefficient (Wildman–Crippen LogP) is 1.35. The molecular formula is C20H19N3O4. The molecule has 0 aliphatic carbocycles. The van der Waals surface area contributed by atoms with Crippen molar-refractivity contribution < 1.29 is 19.2 Å². The van der Waals surface area contributed by atoms with E-state index in [0.29, 0.717) is 23.2 Å². The van der Waals surface area contributed by atoms with Crippen molar-refractivity contribution in [2.75, 3.05) is 13.1 Å². The molecule has 4 amide bonds. The van der Waals surface area contributed by atoms with Crippen LogP contribution in [0, 0.1) is 0 Å². The number of hydrogen-bond acceptors (Lipinski definition) is 4. The Morgan fingerprint density at radius 2 is 1.48 bits per heavy atom. The van der Waals surface area contributed by atoms with Crippen LogP contribution in [0.25, 0.3) is 0 Å². The van der Waals surface area contributed by atoms with E-state index < -0.39 is 0 Å². The molecule has 0 unspecified atom stereocenters. The Hall–Kier alpha value is -3.48. The smallest absolute Gasteiger partial charge is 0.261 e. The second-order valence-corrected chi connectivity index (χ2v) is 6.17. The minimum atomic E-state index is -0.341. The van der Waals surface area contributed by atoms with Crippen molar-refractivity contribution in [1.82, 2.24) is 15.5 Å². The topological polar surface area (TPSA) is 95.6 Å². The summed E-state index contributed by atoms with van der Waals surface area (Å²) in [7, 11) is 0. The maximum atomic E-state index is 12.3. The summed E-state index contributed by atoms with van der Waals surface area (Å²) in [4.78, 5) is 48.8. The van der Waals surface area contributed by atoms with Gasteiger partial charge in [0.2, 0.25) is 5.91 Å². The molecule has 138 valence electrons. The summed E-state index contributed by atoms with van der Waals surface area (Å²) in [5, 5.41) is 5.39. The SMILES string of the molecule is CC(=O)NCc1ccc(C(=O)NCCN2C(=O)c3ccccc3C2=O)cc1. The normalized spacial score (nSPS) is 12.7. The van der Waals surface area contributed by atoms with Crippen molar-refractivity contribution in [3.05, 3.63) is 70.8 Å². The summed E-state index contributed by atoms with van der Waals surface area (Å²) < 4.78 is 0. The third-order valence-electron chi connectivity index (χ3n) is 4.26. The molecule has 0 saturated heterocycles. The van der Waals surface area contributed by atoms with E-state index in [2.05, 4.69) is 10.6 Å². The lowest BCUT2D eigenvalue weighted by Crippen LogP contribution is -2.38. The van der Waals surface area contributed by atoms with E-state index in [0.717, 1.165) is 10.5 Å². The number of hydrogen-bond donors (Lipinski definition) is 2. The zero-order chi connectivity index (χ0) is 19.4. The molecule has 0 atom stereocenters. The average Bonchev–Trinajstić information content (AvgIpc) is 2.92. The number of imide groups is 1. The lowest BCUT2D eigenvalue weighted by molar-refractivity contribution is -0.119. The molecular weight excluding hydrogens is 346 g/mol. The largest absolute Gasteiger partial charge is 0.352 e. The van der Waals surface area contributed by atoms with Crippen LogP contribution in [0.1, 0.15) is 43.6 Å². The Morgan fingerprint density at radius 3 is 2.04 bits per heavy atom. The summed E-state index contributed by atoms with van der Waals surface area (Å²) in [5.41, 5.74) is 2.13. The maximum Gasteiger partial charge on any atom is 0.261 e. The Kier molecular flexibility index (Phi) is 5.30. The number of amides is 4. The first kappa shape index (κ1) is 18.3. The summed E-state index contributed by atoms with van der Waals surface area (Å²) in [6, 6.07) is 13.5. The van der Waals surface area contributed by atoms with Gasteiger partial charge in [0.15, 0.2) is 0 Å². The molecule has 1 heterocycles. The zero-order valence-electron chi connectivity index (χ0n) is 14.8. The van der Waals surface area contributed by atoms with E-state index in [-0.39, 0.29) is 36.7 Å². The summed E-state index contributed by atoms with van der Waals surface area (Å²) >= 11 is 0. The fraction of sp³-hybridized carbons (Fsp3) is 0.200. The summed E-state index contributed by atoms with van der Waals surface area (Å²) in [6.45, 7) is 2.11. The number of carbonyl (C=O) groups is 4. The van der Waals surface area contributed by atoms with E-state index in [1.807, 2.05) is 0 Å². The lowest BCUT2D eigenvalue weighted by atomic mass is 10.1. The monoisotopic (exact) mass is 365 g/mol. The minimum Gasteiger partial charge on any atom is -0.352 e. The highest BCUT2D eigenvalue weighted by molar-refractivity contribution is 6.21. The molecule has 3 rings (SSSR count). The zero-order valence-corrected chi connectivity index (χ0v) is 14.8. The molecule has 2 aromatic rings. The molecule has 0 spiro atoms. The second kappa shape index (κ2) is 7.82. The van der Waals surface area contributed by atoms with Gasteiger partial charge in [-0.1, -0.05) is 24.3 Å². The van der Waals surface area contributed by atoms with Gasteiger partial charge in [-0.25, -0.2) is 0 Å². The van der Waals surface area contributed by atoms with Gasteiger partial charge in [0.1, 0.15) is 0 Å². The first-order valence-corrected chi connectivity index (χ1v) is 8.54. The van der Waals surface area contributed by atoms with Crippen molar-refractivity contribution in [1.29, 1.82) is 0 Å². The first-order valence-electron chi connectivity index (χ1n) is 8.54. The van der Waals surface area contributed by atoms with Crippen LogP contribution in [0.2, 0.25) is 0 Å². The van der Waals surface area contributed by atoms with E-state index in [1.165, 1.54) is 6.92 Å². The molecule has 27 heavy (non-hydrogen) atoms. The van der Waals surface area contributed by atoms with Crippen LogP contribution in [0.4, 0.5) is 0 Å². The van der Waals surface area contributed by atoms with Crippen molar-refractivity contribution >= 4 is 23.6 Å². The van der Waals surface area contributed by atoms with E-state index in [9.17, 15) is 19.2 Å². The first-order chi connectivity index (χ1) is 13.0. The molecule has 2 N–H and O–H groups in total. The Bertz CT molecular complexity index is 871. The average molecular weight is 365 g/mol. The molecule has 0 radical (unpaired) electrons. The number of rotatable bonds is 6. The molecule has 1 aliphatic heterocycles. The van der Waals surface area contributed by atoms with Gasteiger partial charge < -0.3 is 10.6 Å². The summed E-state index contributed by atoms with van der Waals surface area (Å²) in [5.74, 6) is -1.10. The van der Waals surface area contributed by atoms with Crippen LogP contribution in [-0.2, 0) is 11.3 Å². The third-order valence-corrected chi connectivity index (χ3v) is 4.26. The highest BCUT2D eigenvalue weighted by Crippen LogP contribution is 2.21. The maximum absolute atomic E-state index is 12.3. The van der Waals surface area contributed by atoms with Crippen molar-refractivity contribution in [3.63, 3.8) is 0 Å².